The Labute approximate surface area is 108 Å². The molecule has 0 heterocycles. The Balaban J connectivity index is 2.62. The van der Waals surface area contributed by atoms with E-state index in [4.69, 9.17) is 5.11 Å². The molecule has 1 aromatic rings. The highest BCUT2D eigenvalue weighted by Gasteiger charge is 2.16. The molecule has 0 spiro atoms. The highest BCUT2D eigenvalue weighted by atomic mass is 16.4. The zero-order valence-corrected chi connectivity index (χ0v) is 10.6. The molecule has 0 saturated carbocycles. The molecular formula is C14H20N2O2. The average Bonchev–Trinajstić information content (AvgIpc) is 2.36. The molecule has 1 rings (SSSR count). The number of hydrogen-bond acceptors (Lipinski definition) is 3. The first-order valence-corrected chi connectivity index (χ1v) is 6.07. The maximum absolute atomic E-state index is 11.1. The molecule has 1 unspecified atom stereocenters. The minimum Gasteiger partial charge on any atom is -0.480 e. The predicted molar refractivity (Wildman–Crippen MR) is 72.3 cm³/mol. The molecule has 4 nitrogen and oxygen atoms in total. The minimum atomic E-state index is -0.855. The van der Waals surface area contributed by atoms with Crippen molar-refractivity contribution in [2.45, 2.75) is 25.8 Å². The van der Waals surface area contributed by atoms with E-state index in [-0.39, 0.29) is 0 Å². The first kappa shape index (κ1) is 14.4. The van der Waals surface area contributed by atoms with Crippen molar-refractivity contribution in [2.75, 3.05) is 6.54 Å². The fraction of sp³-hybridized carbons (Fsp3) is 0.357. The third-order valence-corrected chi connectivity index (χ3v) is 2.59. The van der Waals surface area contributed by atoms with Crippen LogP contribution in [0.3, 0.4) is 0 Å². The van der Waals surface area contributed by atoms with Crippen LogP contribution in [0.1, 0.15) is 18.1 Å². The summed E-state index contributed by atoms with van der Waals surface area (Å²) in [6, 6.07) is 7.31. The van der Waals surface area contributed by atoms with Crippen molar-refractivity contribution in [2.24, 2.45) is 0 Å². The average molecular weight is 248 g/mol. The van der Waals surface area contributed by atoms with E-state index in [9.17, 15) is 4.79 Å². The third kappa shape index (κ3) is 4.69. The molecule has 1 aromatic carbocycles. The summed E-state index contributed by atoms with van der Waals surface area (Å²) < 4.78 is 0. The Morgan fingerprint density at radius 2 is 2.00 bits per heavy atom. The van der Waals surface area contributed by atoms with Gasteiger partial charge in [-0.05, 0) is 24.0 Å². The van der Waals surface area contributed by atoms with Crippen molar-refractivity contribution in [3.63, 3.8) is 0 Å². The van der Waals surface area contributed by atoms with Gasteiger partial charge < -0.3 is 5.11 Å². The van der Waals surface area contributed by atoms with Gasteiger partial charge in [-0.15, -0.1) is 6.58 Å². The summed E-state index contributed by atoms with van der Waals surface area (Å²) in [6.07, 6.45) is 3.14. The second kappa shape index (κ2) is 7.63. The second-order valence-corrected chi connectivity index (χ2v) is 4.08. The molecule has 0 aromatic heterocycles. The van der Waals surface area contributed by atoms with E-state index in [0.29, 0.717) is 13.0 Å². The first-order chi connectivity index (χ1) is 8.67. The molecule has 0 amide bonds. The van der Waals surface area contributed by atoms with E-state index in [0.717, 1.165) is 12.0 Å². The number of hydrazine groups is 1. The van der Waals surface area contributed by atoms with Gasteiger partial charge in [0.25, 0.3) is 0 Å². The van der Waals surface area contributed by atoms with Gasteiger partial charge in [-0.2, -0.15) is 0 Å². The number of aliphatic carboxylic acids is 1. The van der Waals surface area contributed by atoms with Crippen LogP contribution in [0, 0.1) is 0 Å². The number of carboxylic acids is 1. The fourth-order valence-corrected chi connectivity index (χ4v) is 1.64. The van der Waals surface area contributed by atoms with E-state index in [1.54, 1.807) is 0 Å². The van der Waals surface area contributed by atoms with Gasteiger partial charge in [0.05, 0.1) is 0 Å². The Kier molecular flexibility index (Phi) is 6.11. The number of carbonyl (C=O) groups is 1. The summed E-state index contributed by atoms with van der Waals surface area (Å²) in [6.45, 7) is 6.28. The SMILES string of the molecule is C=CCc1ccc(CC(NNCC)C(=O)O)cc1. The van der Waals surface area contributed by atoms with Gasteiger partial charge in [0.1, 0.15) is 6.04 Å². The molecule has 0 radical (unpaired) electrons. The van der Waals surface area contributed by atoms with E-state index >= 15 is 0 Å². The maximum Gasteiger partial charge on any atom is 0.322 e. The van der Waals surface area contributed by atoms with E-state index in [1.165, 1.54) is 5.56 Å². The standard InChI is InChI=1S/C14H20N2O2/c1-3-5-11-6-8-12(9-7-11)10-13(14(17)18)16-15-4-2/h3,6-9,13,15-16H,1,4-5,10H2,2H3,(H,17,18). The molecule has 1 atom stereocenters. The van der Waals surface area contributed by atoms with Crippen molar-refractivity contribution in [1.82, 2.24) is 10.9 Å². The molecule has 98 valence electrons. The number of rotatable bonds is 8. The molecule has 0 fully saturated rings. The smallest absolute Gasteiger partial charge is 0.322 e. The normalized spacial score (nSPS) is 12.1. The van der Waals surface area contributed by atoms with Crippen LogP contribution in [-0.2, 0) is 17.6 Å². The lowest BCUT2D eigenvalue weighted by molar-refractivity contribution is -0.139. The van der Waals surface area contributed by atoms with Gasteiger partial charge in [-0.1, -0.05) is 37.3 Å². The van der Waals surface area contributed by atoms with Gasteiger partial charge in [0.2, 0.25) is 0 Å². The van der Waals surface area contributed by atoms with Crippen LogP contribution in [0.15, 0.2) is 36.9 Å². The quantitative estimate of drug-likeness (QED) is 0.482. The van der Waals surface area contributed by atoms with Gasteiger partial charge in [-0.3, -0.25) is 10.2 Å². The van der Waals surface area contributed by atoms with E-state index in [2.05, 4.69) is 17.4 Å². The van der Waals surface area contributed by atoms with Crippen molar-refractivity contribution in [3.8, 4) is 0 Å². The molecule has 0 aliphatic rings. The number of nitrogens with one attached hydrogen (secondary N) is 2. The van der Waals surface area contributed by atoms with Crippen LogP contribution >= 0.6 is 0 Å². The lowest BCUT2D eigenvalue weighted by Gasteiger charge is -2.14. The number of carboxylic acid groups (broad SMARTS) is 1. The highest BCUT2D eigenvalue weighted by Crippen LogP contribution is 2.08. The highest BCUT2D eigenvalue weighted by molar-refractivity contribution is 5.73. The van der Waals surface area contributed by atoms with Crippen molar-refractivity contribution < 1.29 is 9.90 Å². The summed E-state index contributed by atoms with van der Waals surface area (Å²) >= 11 is 0. The van der Waals surface area contributed by atoms with Crippen molar-refractivity contribution in [1.29, 1.82) is 0 Å². The zero-order valence-electron chi connectivity index (χ0n) is 10.6. The zero-order chi connectivity index (χ0) is 13.4. The molecule has 0 aliphatic carbocycles. The monoisotopic (exact) mass is 248 g/mol. The Morgan fingerprint density at radius 3 is 2.50 bits per heavy atom. The van der Waals surface area contributed by atoms with Crippen LogP contribution in [0.2, 0.25) is 0 Å². The number of allylic oxidation sites excluding steroid dienone is 1. The Morgan fingerprint density at radius 1 is 1.39 bits per heavy atom. The topological polar surface area (TPSA) is 61.4 Å². The van der Waals surface area contributed by atoms with Crippen LogP contribution in [0.5, 0.6) is 0 Å². The summed E-state index contributed by atoms with van der Waals surface area (Å²) in [5.41, 5.74) is 7.81. The van der Waals surface area contributed by atoms with E-state index in [1.807, 2.05) is 37.3 Å². The Bertz CT molecular complexity index is 387. The maximum atomic E-state index is 11.1. The van der Waals surface area contributed by atoms with Crippen LogP contribution < -0.4 is 10.9 Å². The summed E-state index contributed by atoms with van der Waals surface area (Å²) in [5.74, 6) is -0.855. The Hall–Kier alpha value is -1.65. The van der Waals surface area contributed by atoms with Crippen molar-refractivity contribution in [3.05, 3.63) is 48.0 Å². The van der Waals surface area contributed by atoms with Gasteiger partial charge in [0.15, 0.2) is 0 Å². The molecular weight excluding hydrogens is 228 g/mol. The summed E-state index contributed by atoms with van der Waals surface area (Å²) in [7, 11) is 0. The molecule has 3 N–H and O–H groups in total. The number of hydrogen-bond donors (Lipinski definition) is 3. The van der Waals surface area contributed by atoms with Crippen LogP contribution in [0.25, 0.3) is 0 Å². The first-order valence-electron chi connectivity index (χ1n) is 6.07. The second-order valence-electron chi connectivity index (χ2n) is 4.08. The molecule has 4 heteroatoms. The molecule has 0 aliphatic heterocycles. The minimum absolute atomic E-state index is 0.455. The lowest BCUT2D eigenvalue weighted by Crippen LogP contribution is -2.46. The lowest BCUT2D eigenvalue weighted by atomic mass is 10.0. The molecule has 18 heavy (non-hydrogen) atoms. The fourth-order valence-electron chi connectivity index (χ4n) is 1.64. The van der Waals surface area contributed by atoms with Gasteiger partial charge in [0, 0.05) is 6.54 Å². The summed E-state index contributed by atoms with van der Waals surface area (Å²) in [5, 5.41) is 9.08. The summed E-state index contributed by atoms with van der Waals surface area (Å²) in [4.78, 5) is 11.1. The molecule has 0 saturated heterocycles. The van der Waals surface area contributed by atoms with Gasteiger partial charge >= 0.3 is 5.97 Å². The van der Waals surface area contributed by atoms with Crippen molar-refractivity contribution >= 4 is 5.97 Å². The molecule has 0 bridgehead atoms. The number of benzene rings is 1. The predicted octanol–water partition coefficient (Wildman–Crippen LogP) is 1.52. The van der Waals surface area contributed by atoms with Crippen LogP contribution in [0.4, 0.5) is 0 Å². The van der Waals surface area contributed by atoms with Gasteiger partial charge in [-0.25, -0.2) is 5.43 Å². The third-order valence-electron chi connectivity index (χ3n) is 2.59. The van der Waals surface area contributed by atoms with Crippen LogP contribution in [-0.4, -0.2) is 23.7 Å². The largest absolute Gasteiger partial charge is 0.480 e. The van der Waals surface area contributed by atoms with E-state index < -0.39 is 12.0 Å².